The van der Waals surface area contributed by atoms with Crippen molar-refractivity contribution in [3.8, 4) is 17.6 Å². The molecule has 11 aromatic rings. The summed E-state index contributed by atoms with van der Waals surface area (Å²) in [6, 6.07) is 77.2. The molecule has 0 aromatic heterocycles. The molecule has 0 heterocycles. The summed E-state index contributed by atoms with van der Waals surface area (Å²) in [5.74, 6) is 1.67. The molecule has 72 heavy (non-hydrogen) atoms. The molecular formula is C66H46N4O2. The van der Waals surface area contributed by atoms with Crippen molar-refractivity contribution >= 4 is 107 Å². The molecule has 0 aliphatic carbocycles. The van der Waals surface area contributed by atoms with E-state index in [0.717, 1.165) is 111 Å². The Hall–Kier alpha value is -9.88. The van der Waals surface area contributed by atoms with E-state index in [9.17, 15) is 5.26 Å². The number of para-hydroxylation sites is 2. The van der Waals surface area contributed by atoms with E-state index in [4.69, 9.17) is 16.0 Å². The third-order valence-corrected chi connectivity index (χ3v) is 13.3. The molecule has 11 rings (SSSR count). The van der Waals surface area contributed by atoms with Gasteiger partial charge in [-0.2, -0.15) is 5.26 Å². The van der Waals surface area contributed by atoms with Crippen molar-refractivity contribution in [2.24, 2.45) is 0 Å². The lowest BCUT2D eigenvalue weighted by molar-refractivity contribution is 0.420. The lowest BCUT2D eigenvalue weighted by atomic mass is 9.93. The number of benzene rings is 11. The van der Waals surface area contributed by atoms with Crippen LogP contribution in [0, 0.1) is 17.9 Å². The molecule has 0 radical (unpaired) electrons. The van der Waals surface area contributed by atoms with Crippen LogP contribution in [0.4, 0.5) is 39.8 Å². The zero-order valence-corrected chi connectivity index (χ0v) is 39.7. The molecule has 0 amide bonds. The van der Waals surface area contributed by atoms with Crippen molar-refractivity contribution in [2.75, 3.05) is 24.0 Å². The molecule has 11 aromatic carbocycles. The van der Waals surface area contributed by atoms with Crippen LogP contribution in [0.15, 0.2) is 218 Å². The summed E-state index contributed by atoms with van der Waals surface area (Å²) in [7, 11) is 3.41. The highest BCUT2D eigenvalue weighted by Crippen LogP contribution is 2.44. The number of fused-ring (bicyclic) bond motifs is 4. The summed E-state index contributed by atoms with van der Waals surface area (Å²) in [6.07, 6.45) is 8.28. The number of methoxy groups -OCH3 is 2. The van der Waals surface area contributed by atoms with E-state index in [1.165, 1.54) is 0 Å². The van der Waals surface area contributed by atoms with Crippen LogP contribution in [0.2, 0.25) is 0 Å². The first kappa shape index (κ1) is 44.6. The summed E-state index contributed by atoms with van der Waals surface area (Å²) < 4.78 is 11.4. The van der Waals surface area contributed by atoms with Gasteiger partial charge < -0.3 is 19.3 Å². The van der Waals surface area contributed by atoms with Crippen LogP contribution >= 0.6 is 0 Å². The monoisotopic (exact) mass is 926 g/mol. The predicted molar refractivity (Wildman–Crippen MR) is 301 cm³/mol. The van der Waals surface area contributed by atoms with Crippen molar-refractivity contribution in [3.63, 3.8) is 0 Å². The van der Waals surface area contributed by atoms with Crippen LogP contribution in [0.1, 0.15) is 27.8 Å². The first-order chi connectivity index (χ1) is 35.5. The van der Waals surface area contributed by atoms with Gasteiger partial charge >= 0.3 is 0 Å². The fourth-order valence-corrected chi connectivity index (χ4v) is 9.81. The van der Waals surface area contributed by atoms with Gasteiger partial charge in [0.1, 0.15) is 17.6 Å². The standard InChI is InChI=1S/C66H46N4O2/c1-68-66-58-37-31-47(24-22-45-26-32-51(33-27-45)69(49-14-6-4-7-15-49)62-38-40-64(71-2)56-20-12-10-18-54(56)62)42-59(58)61(44-67)53-36-30-48(43-60(53)66)25-23-46-28-34-52(35-29-46)70(50-16-8-5-9-17-50)63-39-41-65(72-3)57-21-13-11-19-55(57)63/h4-43H,2-3H3/b24-22-,25-23-. The highest BCUT2D eigenvalue weighted by Gasteiger charge is 2.19. The SMILES string of the molecule is [C-]#[N+]c1c2ccc(/C=C\c3ccc(N(c4ccccc4)c4ccc(OC)c5ccccc45)cc3)cc2c(C#N)c2ccc(/C=C\c3ccc(N(c4ccccc4)c4ccc(OC)c5ccccc45)cc3)cc12. The van der Waals surface area contributed by atoms with Crippen LogP contribution in [0.25, 0.3) is 72.2 Å². The van der Waals surface area contributed by atoms with Gasteiger partial charge in [-0.05, 0) is 123 Å². The molecule has 0 saturated carbocycles. The molecule has 6 heteroatoms. The number of anilines is 6. The Labute approximate surface area is 419 Å². The van der Waals surface area contributed by atoms with Crippen LogP contribution in [-0.4, -0.2) is 14.2 Å². The first-order valence-corrected chi connectivity index (χ1v) is 23.7. The largest absolute Gasteiger partial charge is 0.496 e. The Morgan fingerprint density at radius 1 is 0.389 bits per heavy atom. The number of hydrogen-bond donors (Lipinski definition) is 0. The van der Waals surface area contributed by atoms with E-state index < -0.39 is 0 Å². The molecule has 6 nitrogen and oxygen atoms in total. The second kappa shape index (κ2) is 19.6. The van der Waals surface area contributed by atoms with E-state index >= 15 is 0 Å². The molecule has 0 bridgehead atoms. The summed E-state index contributed by atoms with van der Waals surface area (Å²) >= 11 is 0. The van der Waals surface area contributed by atoms with Crippen molar-refractivity contribution in [1.82, 2.24) is 0 Å². The third-order valence-electron chi connectivity index (χ3n) is 13.3. The molecule has 0 unspecified atom stereocenters. The fourth-order valence-electron chi connectivity index (χ4n) is 9.81. The molecule has 0 fully saturated rings. The van der Waals surface area contributed by atoms with Crippen LogP contribution in [0.5, 0.6) is 11.5 Å². The summed E-state index contributed by atoms with van der Waals surface area (Å²) in [6.45, 7) is 8.34. The summed E-state index contributed by atoms with van der Waals surface area (Å²) in [5, 5.41) is 18.0. The summed E-state index contributed by atoms with van der Waals surface area (Å²) in [4.78, 5) is 8.60. The highest BCUT2D eigenvalue weighted by atomic mass is 16.5. The maximum atomic E-state index is 10.6. The Balaban J connectivity index is 0.865. The molecular weight excluding hydrogens is 881 g/mol. The van der Waals surface area contributed by atoms with Gasteiger partial charge in [-0.1, -0.05) is 164 Å². The number of hydrogen-bond acceptors (Lipinski definition) is 5. The Kier molecular flexibility index (Phi) is 12.2. The Morgan fingerprint density at radius 2 is 0.778 bits per heavy atom. The summed E-state index contributed by atoms with van der Waals surface area (Å²) in [5.41, 5.74) is 11.3. The van der Waals surface area contributed by atoms with Crippen LogP contribution in [-0.2, 0) is 0 Å². The maximum absolute atomic E-state index is 10.6. The van der Waals surface area contributed by atoms with Crippen molar-refractivity contribution in [2.45, 2.75) is 0 Å². The number of rotatable bonds is 12. The Bertz CT molecular complexity index is 3700. The minimum Gasteiger partial charge on any atom is -0.496 e. The lowest BCUT2D eigenvalue weighted by Gasteiger charge is -2.27. The van der Waals surface area contributed by atoms with Gasteiger partial charge in [-0.25, -0.2) is 4.85 Å². The molecule has 0 saturated heterocycles. The van der Waals surface area contributed by atoms with E-state index in [0.29, 0.717) is 11.3 Å². The second-order valence-corrected chi connectivity index (χ2v) is 17.4. The van der Waals surface area contributed by atoms with Crippen molar-refractivity contribution in [3.05, 3.63) is 258 Å². The molecule has 0 aliphatic rings. The van der Waals surface area contributed by atoms with Gasteiger partial charge in [0.25, 0.3) is 0 Å². The zero-order chi connectivity index (χ0) is 49.0. The lowest BCUT2D eigenvalue weighted by Crippen LogP contribution is -2.10. The number of nitrogens with zero attached hydrogens (tertiary/aromatic N) is 4. The van der Waals surface area contributed by atoms with Crippen LogP contribution in [0.3, 0.4) is 0 Å². The highest BCUT2D eigenvalue weighted by molar-refractivity contribution is 6.16. The van der Waals surface area contributed by atoms with E-state index in [1.54, 1.807) is 14.2 Å². The number of nitriles is 1. The normalized spacial score (nSPS) is 11.3. The van der Waals surface area contributed by atoms with E-state index in [2.05, 4.69) is 191 Å². The van der Waals surface area contributed by atoms with Gasteiger partial charge in [0.15, 0.2) is 0 Å². The van der Waals surface area contributed by atoms with Gasteiger partial charge in [-0.15, -0.1) is 0 Å². The fraction of sp³-hybridized carbons (Fsp3) is 0.0303. The molecule has 0 aliphatic heterocycles. The molecule has 342 valence electrons. The van der Waals surface area contributed by atoms with Crippen molar-refractivity contribution in [1.29, 1.82) is 5.26 Å². The van der Waals surface area contributed by atoms with Crippen molar-refractivity contribution < 1.29 is 9.47 Å². The van der Waals surface area contributed by atoms with Gasteiger partial charge in [0.2, 0.25) is 5.69 Å². The minimum absolute atomic E-state index is 0.532. The first-order valence-electron chi connectivity index (χ1n) is 23.7. The molecule has 0 spiro atoms. The molecule has 0 N–H and O–H groups in total. The average Bonchev–Trinajstić information content (AvgIpc) is 3.44. The average molecular weight is 927 g/mol. The number of ether oxygens (including phenoxy) is 2. The van der Waals surface area contributed by atoms with E-state index in [-0.39, 0.29) is 0 Å². The third kappa shape index (κ3) is 8.40. The smallest absolute Gasteiger partial charge is 0.202 e. The molecule has 0 atom stereocenters. The predicted octanol–water partition coefficient (Wildman–Crippen LogP) is 18.0. The van der Waals surface area contributed by atoms with Crippen LogP contribution < -0.4 is 19.3 Å². The topological polar surface area (TPSA) is 53.1 Å². The second-order valence-electron chi connectivity index (χ2n) is 17.4. The van der Waals surface area contributed by atoms with Gasteiger partial charge in [0, 0.05) is 44.3 Å². The van der Waals surface area contributed by atoms with E-state index in [1.807, 2.05) is 72.8 Å². The van der Waals surface area contributed by atoms with Gasteiger partial charge in [-0.3, -0.25) is 0 Å². The quantitative estimate of drug-likeness (QED) is 0.0694. The van der Waals surface area contributed by atoms with Gasteiger partial charge in [0.05, 0.1) is 37.7 Å². The maximum Gasteiger partial charge on any atom is 0.202 e. The minimum atomic E-state index is 0.532. The Morgan fingerprint density at radius 3 is 1.22 bits per heavy atom. The zero-order valence-electron chi connectivity index (χ0n) is 39.7.